The largest absolute Gasteiger partial charge is 0.393 e. The lowest BCUT2D eigenvalue weighted by Crippen LogP contribution is -2.32. The maximum atomic E-state index is 9.75. The lowest BCUT2D eigenvalue weighted by Gasteiger charge is -2.36. The standard InChI is InChI=1S/C11H20O/c1-11(2,3)9-5-7-4-8(9)10(12)6-7/h7-10,12H,4-6H2,1-3H3/t7-,8+,9-,10+/m1/s1. The van der Waals surface area contributed by atoms with Gasteiger partial charge in [0.25, 0.3) is 0 Å². The van der Waals surface area contributed by atoms with E-state index in [1.807, 2.05) is 0 Å². The van der Waals surface area contributed by atoms with E-state index >= 15 is 0 Å². The monoisotopic (exact) mass is 168 g/mol. The first-order valence-corrected chi connectivity index (χ1v) is 5.16. The van der Waals surface area contributed by atoms with Crippen LogP contribution in [0.3, 0.4) is 0 Å². The van der Waals surface area contributed by atoms with E-state index in [2.05, 4.69) is 20.8 Å². The number of aliphatic hydroxyl groups excluding tert-OH is 1. The van der Waals surface area contributed by atoms with Crippen LogP contribution >= 0.6 is 0 Å². The second-order valence-corrected chi connectivity index (χ2v) is 5.78. The van der Waals surface area contributed by atoms with Gasteiger partial charge in [-0.1, -0.05) is 20.8 Å². The van der Waals surface area contributed by atoms with E-state index in [-0.39, 0.29) is 6.10 Å². The predicted octanol–water partition coefficient (Wildman–Crippen LogP) is 2.44. The molecule has 2 aliphatic carbocycles. The van der Waals surface area contributed by atoms with Crippen molar-refractivity contribution >= 4 is 0 Å². The Kier molecular flexibility index (Phi) is 1.76. The molecule has 12 heavy (non-hydrogen) atoms. The number of hydrogen-bond donors (Lipinski definition) is 1. The summed E-state index contributed by atoms with van der Waals surface area (Å²) in [6.07, 6.45) is 3.76. The van der Waals surface area contributed by atoms with Crippen molar-refractivity contribution in [3.63, 3.8) is 0 Å². The highest BCUT2D eigenvalue weighted by molar-refractivity contribution is 4.99. The third-order valence-corrected chi connectivity index (χ3v) is 3.89. The smallest absolute Gasteiger partial charge is 0.0574 e. The maximum absolute atomic E-state index is 9.75. The molecule has 0 heterocycles. The van der Waals surface area contributed by atoms with Crippen molar-refractivity contribution in [1.29, 1.82) is 0 Å². The minimum absolute atomic E-state index is 0.0213. The summed E-state index contributed by atoms with van der Waals surface area (Å²) in [5.41, 5.74) is 0.404. The van der Waals surface area contributed by atoms with Crippen molar-refractivity contribution in [3.05, 3.63) is 0 Å². The first kappa shape index (κ1) is 8.55. The van der Waals surface area contributed by atoms with Crippen molar-refractivity contribution < 1.29 is 5.11 Å². The highest BCUT2D eigenvalue weighted by Gasteiger charge is 2.49. The highest BCUT2D eigenvalue weighted by Crippen LogP contribution is 2.54. The normalized spacial score (nSPS) is 47.0. The third kappa shape index (κ3) is 1.19. The van der Waals surface area contributed by atoms with Crippen molar-refractivity contribution in [2.45, 2.75) is 46.1 Å². The van der Waals surface area contributed by atoms with Gasteiger partial charge in [-0.05, 0) is 42.4 Å². The van der Waals surface area contributed by atoms with Crippen LogP contribution in [0.4, 0.5) is 0 Å². The lowest BCUT2D eigenvalue weighted by molar-refractivity contribution is 0.0373. The average Bonchev–Trinajstić information content (AvgIpc) is 2.41. The molecule has 1 heteroatoms. The molecule has 0 amide bonds. The van der Waals surface area contributed by atoms with Gasteiger partial charge in [0.1, 0.15) is 0 Å². The van der Waals surface area contributed by atoms with Gasteiger partial charge in [0, 0.05) is 0 Å². The van der Waals surface area contributed by atoms with E-state index in [0.717, 1.165) is 18.3 Å². The summed E-state index contributed by atoms with van der Waals surface area (Å²) in [6.45, 7) is 6.93. The summed E-state index contributed by atoms with van der Waals surface area (Å²) >= 11 is 0. The maximum Gasteiger partial charge on any atom is 0.0574 e. The quantitative estimate of drug-likeness (QED) is 0.589. The Balaban J connectivity index is 2.12. The van der Waals surface area contributed by atoms with Gasteiger partial charge in [0.05, 0.1) is 6.10 Å². The Morgan fingerprint density at radius 3 is 2.08 bits per heavy atom. The van der Waals surface area contributed by atoms with E-state index < -0.39 is 0 Å². The molecule has 0 aromatic carbocycles. The van der Waals surface area contributed by atoms with Crippen LogP contribution in [0, 0.1) is 23.2 Å². The molecule has 0 radical (unpaired) electrons. The SMILES string of the molecule is CC(C)(C)[C@@H]1C[C@H]2C[C@@H]1[C@@H](O)C2. The van der Waals surface area contributed by atoms with E-state index in [9.17, 15) is 5.11 Å². The third-order valence-electron chi connectivity index (χ3n) is 3.89. The summed E-state index contributed by atoms with van der Waals surface area (Å²) in [7, 11) is 0. The first-order valence-electron chi connectivity index (χ1n) is 5.16. The Morgan fingerprint density at radius 1 is 1.08 bits per heavy atom. The van der Waals surface area contributed by atoms with Gasteiger partial charge in [-0.25, -0.2) is 0 Å². The summed E-state index contributed by atoms with van der Waals surface area (Å²) in [5, 5.41) is 9.75. The van der Waals surface area contributed by atoms with Gasteiger partial charge in [-0.2, -0.15) is 0 Å². The minimum Gasteiger partial charge on any atom is -0.393 e. The fourth-order valence-electron chi connectivity index (χ4n) is 3.31. The van der Waals surface area contributed by atoms with Gasteiger partial charge >= 0.3 is 0 Å². The molecule has 70 valence electrons. The van der Waals surface area contributed by atoms with E-state index in [4.69, 9.17) is 0 Å². The Labute approximate surface area is 75.2 Å². The van der Waals surface area contributed by atoms with Crippen LogP contribution in [0.5, 0.6) is 0 Å². The second kappa shape index (κ2) is 2.47. The molecule has 4 atom stereocenters. The minimum atomic E-state index is 0.0213. The molecule has 2 saturated carbocycles. The molecule has 2 rings (SSSR count). The van der Waals surface area contributed by atoms with Gasteiger partial charge in [0.2, 0.25) is 0 Å². The molecular formula is C11H20O. The molecule has 0 saturated heterocycles. The van der Waals surface area contributed by atoms with Gasteiger partial charge < -0.3 is 5.11 Å². The Morgan fingerprint density at radius 2 is 1.75 bits per heavy atom. The fourth-order valence-corrected chi connectivity index (χ4v) is 3.31. The molecule has 0 unspecified atom stereocenters. The number of aliphatic hydroxyl groups is 1. The van der Waals surface area contributed by atoms with Crippen molar-refractivity contribution in [2.24, 2.45) is 23.2 Å². The first-order chi connectivity index (χ1) is 5.48. The van der Waals surface area contributed by atoms with Crippen LogP contribution < -0.4 is 0 Å². The van der Waals surface area contributed by atoms with Crippen LogP contribution in [0.25, 0.3) is 0 Å². The van der Waals surface area contributed by atoms with Crippen molar-refractivity contribution in [2.75, 3.05) is 0 Å². The van der Waals surface area contributed by atoms with Crippen LogP contribution in [-0.2, 0) is 0 Å². The molecule has 0 spiro atoms. The predicted molar refractivity (Wildman–Crippen MR) is 49.8 cm³/mol. The van der Waals surface area contributed by atoms with Gasteiger partial charge in [-0.3, -0.25) is 0 Å². The molecule has 0 aliphatic heterocycles. The molecule has 0 aromatic heterocycles. The fraction of sp³-hybridized carbons (Fsp3) is 1.00. The summed E-state index contributed by atoms with van der Waals surface area (Å²) in [5.74, 6) is 2.23. The molecule has 0 aromatic rings. The molecule has 2 fully saturated rings. The van der Waals surface area contributed by atoms with Crippen LogP contribution in [0.1, 0.15) is 40.0 Å². The topological polar surface area (TPSA) is 20.2 Å². The average molecular weight is 168 g/mol. The Hall–Kier alpha value is -0.0400. The van der Waals surface area contributed by atoms with Crippen molar-refractivity contribution in [3.8, 4) is 0 Å². The van der Waals surface area contributed by atoms with Gasteiger partial charge in [0.15, 0.2) is 0 Å². The van der Waals surface area contributed by atoms with E-state index in [1.54, 1.807) is 0 Å². The number of hydrogen-bond acceptors (Lipinski definition) is 1. The zero-order chi connectivity index (χ0) is 8.93. The molecule has 2 bridgehead atoms. The Bertz CT molecular complexity index is 180. The zero-order valence-corrected chi connectivity index (χ0v) is 8.38. The highest BCUT2D eigenvalue weighted by atomic mass is 16.3. The van der Waals surface area contributed by atoms with Crippen LogP contribution in [-0.4, -0.2) is 11.2 Å². The molecule has 1 N–H and O–H groups in total. The number of rotatable bonds is 0. The second-order valence-electron chi connectivity index (χ2n) is 5.78. The van der Waals surface area contributed by atoms with Crippen molar-refractivity contribution in [1.82, 2.24) is 0 Å². The van der Waals surface area contributed by atoms with E-state index in [1.165, 1.54) is 12.8 Å². The molecular weight excluding hydrogens is 148 g/mol. The van der Waals surface area contributed by atoms with Crippen LogP contribution in [0.15, 0.2) is 0 Å². The lowest BCUT2D eigenvalue weighted by atomic mass is 9.71. The summed E-state index contributed by atoms with van der Waals surface area (Å²) in [6, 6.07) is 0. The van der Waals surface area contributed by atoms with Gasteiger partial charge in [-0.15, -0.1) is 0 Å². The zero-order valence-electron chi connectivity index (χ0n) is 8.38. The van der Waals surface area contributed by atoms with Crippen LogP contribution in [0.2, 0.25) is 0 Å². The molecule has 2 aliphatic rings. The summed E-state index contributed by atoms with van der Waals surface area (Å²) in [4.78, 5) is 0. The number of fused-ring (bicyclic) bond motifs is 2. The summed E-state index contributed by atoms with van der Waals surface area (Å²) < 4.78 is 0. The molecule has 1 nitrogen and oxygen atoms in total. The van der Waals surface area contributed by atoms with E-state index in [0.29, 0.717) is 11.3 Å².